The van der Waals surface area contributed by atoms with Crippen LogP contribution in [0.2, 0.25) is 0 Å². The average Bonchev–Trinajstić information content (AvgIpc) is 3.56. The normalized spacial score (nSPS) is 18.2. The van der Waals surface area contributed by atoms with Crippen LogP contribution in [0.15, 0.2) is 71.4 Å². The maximum absolute atomic E-state index is 13.7. The molecule has 0 N–H and O–H groups in total. The van der Waals surface area contributed by atoms with E-state index in [1.165, 1.54) is 4.80 Å². The van der Waals surface area contributed by atoms with E-state index < -0.39 is 0 Å². The minimum atomic E-state index is -0.0444. The lowest BCUT2D eigenvalue weighted by Gasteiger charge is -2.37. The third-order valence-electron chi connectivity index (χ3n) is 6.29. The first kappa shape index (κ1) is 22.0. The van der Waals surface area contributed by atoms with E-state index in [0.29, 0.717) is 30.3 Å². The number of amides is 1. The number of para-hydroxylation sites is 1. The summed E-state index contributed by atoms with van der Waals surface area (Å²) >= 11 is 0. The van der Waals surface area contributed by atoms with E-state index in [4.69, 9.17) is 14.1 Å². The first-order chi connectivity index (χ1) is 16.7. The lowest BCUT2D eigenvalue weighted by atomic mass is 9.92. The van der Waals surface area contributed by atoms with Crippen molar-refractivity contribution >= 4 is 5.91 Å². The first-order valence-electron chi connectivity index (χ1n) is 11.5. The third kappa shape index (κ3) is 4.24. The average molecular weight is 458 g/mol. The van der Waals surface area contributed by atoms with E-state index in [1.54, 1.807) is 19.5 Å². The fourth-order valence-corrected chi connectivity index (χ4v) is 4.51. The minimum Gasteiger partial charge on any atom is -0.440 e. The summed E-state index contributed by atoms with van der Waals surface area (Å²) in [5.74, 6) is 1.34. The number of rotatable bonds is 6. The van der Waals surface area contributed by atoms with Crippen LogP contribution < -0.4 is 0 Å². The molecule has 34 heavy (non-hydrogen) atoms. The van der Waals surface area contributed by atoms with Crippen molar-refractivity contribution in [3.05, 3.63) is 84.1 Å². The van der Waals surface area contributed by atoms with Crippen LogP contribution in [0.1, 0.15) is 47.6 Å². The highest BCUT2D eigenvalue weighted by Gasteiger charge is 2.34. The predicted octanol–water partition coefficient (Wildman–Crippen LogP) is 4.48. The number of carbonyl (C=O) groups excluding carboxylic acids is 1. The molecule has 0 aliphatic carbocycles. The molecule has 8 nitrogen and oxygen atoms in total. The number of aromatic nitrogens is 4. The molecule has 0 spiro atoms. The molecule has 5 rings (SSSR count). The Hall–Kier alpha value is -3.78. The second-order valence-corrected chi connectivity index (χ2v) is 8.54. The van der Waals surface area contributed by atoms with E-state index in [0.717, 1.165) is 29.9 Å². The molecule has 0 bridgehead atoms. The number of nitrogens with zero attached hydrogens (tertiary/aromatic N) is 5. The molecule has 3 heterocycles. The number of ether oxygens (including phenoxy) is 1. The second kappa shape index (κ2) is 9.61. The topological polar surface area (TPSA) is 86.3 Å². The van der Waals surface area contributed by atoms with Crippen LogP contribution in [0, 0.1) is 0 Å². The van der Waals surface area contributed by atoms with Crippen LogP contribution in [-0.2, 0) is 11.3 Å². The lowest BCUT2D eigenvalue weighted by Crippen LogP contribution is -2.45. The number of piperidine rings is 1. The molecule has 2 unspecified atom stereocenters. The minimum absolute atomic E-state index is 0.00297. The standard InChI is InChI=1S/C26H27N5O3/c1-18-12-13-20(25-29-22(17-33-2)24(34-25)19-8-4-3-5-9-19)16-30(18)26(32)21-10-6-7-11-23(21)31-27-14-15-28-31/h3-11,14-15,18,20H,12-13,16-17H2,1-2H3. The fraction of sp³-hybridized carbons (Fsp3) is 0.308. The summed E-state index contributed by atoms with van der Waals surface area (Å²) in [4.78, 5) is 21.9. The molecule has 1 amide bonds. The van der Waals surface area contributed by atoms with Gasteiger partial charge in [0.2, 0.25) is 0 Å². The molecule has 2 aromatic carbocycles. The van der Waals surface area contributed by atoms with Gasteiger partial charge in [0.1, 0.15) is 5.69 Å². The van der Waals surface area contributed by atoms with E-state index >= 15 is 0 Å². The van der Waals surface area contributed by atoms with Crippen molar-refractivity contribution in [1.29, 1.82) is 0 Å². The van der Waals surface area contributed by atoms with Gasteiger partial charge in [-0.15, -0.1) is 0 Å². The SMILES string of the molecule is COCc1nc(C2CCC(C)N(C(=O)c3ccccc3-n3nccn3)C2)oc1-c1ccccc1. The second-order valence-electron chi connectivity index (χ2n) is 8.54. The van der Waals surface area contributed by atoms with Crippen LogP contribution in [-0.4, -0.2) is 50.5 Å². The molecule has 174 valence electrons. The van der Waals surface area contributed by atoms with Crippen molar-refractivity contribution in [3.63, 3.8) is 0 Å². The molecule has 1 fully saturated rings. The van der Waals surface area contributed by atoms with E-state index in [-0.39, 0.29) is 17.9 Å². The summed E-state index contributed by atoms with van der Waals surface area (Å²) < 4.78 is 11.7. The quantitative estimate of drug-likeness (QED) is 0.424. The van der Waals surface area contributed by atoms with Crippen LogP contribution >= 0.6 is 0 Å². The van der Waals surface area contributed by atoms with Gasteiger partial charge in [0.05, 0.1) is 36.2 Å². The van der Waals surface area contributed by atoms with Crippen molar-refractivity contribution in [2.24, 2.45) is 0 Å². The van der Waals surface area contributed by atoms with Gasteiger partial charge >= 0.3 is 0 Å². The first-order valence-corrected chi connectivity index (χ1v) is 11.5. The Morgan fingerprint density at radius 3 is 2.56 bits per heavy atom. The number of hydrogen-bond donors (Lipinski definition) is 0. The zero-order valence-corrected chi connectivity index (χ0v) is 19.3. The molecule has 4 aromatic rings. The smallest absolute Gasteiger partial charge is 0.256 e. The summed E-state index contributed by atoms with van der Waals surface area (Å²) in [6.07, 6.45) is 4.96. The Balaban J connectivity index is 1.44. The Kier molecular flexibility index (Phi) is 6.22. The van der Waals surface area contributed by atoms with Gasteiger partial charge in [0.15, 0.2) is 11.7 Å². The lowest BCUT2D eigenvalue weighted by molar-refractivity contribution is 0.0597. The van der Waals surface area contributed by atoms with Crippen LogP contribution in [0.3, 0.4) is 0 Å². The number of benzene rings is 2. The van der Waals surface area contributed by atoms with Gasteiger partial charge < -0.3 is 14.1 Å². The van der Waals surface area contributed by atoms with Gasteiger partial charge in [-0.3, -0.25) is 4.79 Å². The monoisotopic (exact) mass is 457 g/mol. The molecular weight excluding hydrogens is 430 g/mol. The van der Waals surface area contributed by atoms with Crippen molar-refractivity contribution in [1.82, 2.24) is 24.9 Å². The van der Waals surface area contributed by atoms with Gasteiger partial charge in [0.25, 0.3) is 5.91 Å². The summed E-state index contributed by atoms with van der Waals surface area (Å²) in [6, 6.07) is 17.5. The number of hydrogen-bond acceptors (Lipinski definition) is 6. The van der Waals surface area contributed by atoms with E-state index in [2.05, 4.69) is 17.1 Å². The summed E-state index contributed by atoms with van der Waals surface area (Å²) in [5, 5.41) is 8.43. The van der Waals surface area contributed by atoms with Gasteiger partial charge in [0, 0.05) is 25.3 Å². The molecule has 1 saturated heterocycles. The highest BCUT2D eigenvalue weighted by atomic mass is 16.5. The van der Waals surface area contributed by atoms with Crippen molar-refractivity contribution in [2.45, 2.75) is 38.3 Å². The van der Waals surface area contributed by atoms with Crippen molar-refractivity contribution in [3.8, 4) is 17.0 Å². The summed E-state index contributed by atoms with van der Waals surface area (Å²) in [7, 11) is 1.65. The van der Waals surface area contributed by atoms with Gasteiger partial charge in [-0.25, -0.2) is 4.98 Å². The maximum atomic E-state index is 13.7. The van der Waals surface area contributed by atoms with Gasteiger partial charge in [-0.1, -0.05) is 42.5 Å². The van der Waals surface area contributed by atoms with Crippen LogP contribution in [0.5, 0.6) is 0 Å². The Bertz CT molecular complexity index is 1250. The molecule has 0 radical (unpaired) electrons. The molecule has 2 aromatic heterocycles. The zero-order valence-electron chi connectivity index (χ0n) is 19.3. The molecule has 2 atom stereocenters. The van der Waals surface area contributed by atoms with Crippen LogP contribution in [0.25, 0.3) is 17.0 Å². The molecule has 1 aliphatic rings. The van der Waals surface area contributed by atoms with E-state index in [9.17, 15) is 4.79 Å². The maximum Gasteiger partial charge on any atom is 0.256 e. The predicted molar refractivity (Wildman–Crippen MR) is 126 cm³/mol. The fourth-order valence-electron chi connectivity index (χ4n) is 4.51. The molecule has 8 heteroatoms. The van der Waals surface area contributed by atoms with Crippen molar-refractivity contribution in [2.75, 3.05) is 13.7 Å². The number of methoxy groups -OCH3 is 1. The van der Waals surface area contributed by atoms with Crippen LogP contribution in [0.4, 0.5) is 0 Å². The number of likely N-dealkylation sites (tertiary alicyclic amines) is 1. The molecule has 0 saturated carbocycles. The Labute approximate surface area is 198 Å². The van der Waals surface area contributed by atoms with Crippen molar-refractivity contribution < 1.29 is 13.9 Å². The van der Waals surface area contributed by atoms with E-state index in [1.807, 2.05) is 59.5 Å². The highest BCUT2D eigenvalue weighted by molar-refractivity contribution is 5.98. The third-order valence-corrected chi connectivity index (χ3v) is 6.29. The number of oxazole rings is 1. The van der Waals surface area contributed by atoms with Gasteiger partial charge in [-0.05, 0) is 31.9 Å². The Morgan fingerprint density at radius 2 is 1.79 bits per heavy atom. The Morgan fingerprint density at radius 1 is 1.06 bits per heavy atom. The molecule has 1 aliphatic heterocycles. The largest absolute Gasteiger partial charge is 0.440 e. The molecular formula is C26H27N5O3. The zero-order chi connectivity index (χ0) is 23.5. The summed E-state index contributed by atoms with van der Waals surface area (Å²) in [5.41, 5.74) is 2.97. The highest BCUT2D eigenvalue weighted by Crippen LogP contribution is 2.35. The number of carbonyl (C=O) groups is 1. The van der Waals surface area contributed by atoms with Gasteiger partial charge in [-0.2, -0.15) is 15.0 Å². The summed E-state index contributed by atoms with van der Waals surface area (Å²) in [6.45, 7) is 2.98.